The third kappa shape index (κ3) is 2.51. The van der Waals surface area contributed by atoms with Crippen molar-refractivity contribution in [2.75, 3.05) is 19.6 Å². The van der Waals surface area contributed by atoms with E-state index in [2.05, 4.69) is 10.2 Å². The highest BCUT2D eigenvalue weighted by molar-refractivity contribution is 4.96. The van der Waals surface area contributed by atoms with Gasteiger partial charge in [-0.1, -0.05) is 12.8 Å². The zero-order valence-corrected chi connectivity index (χ0v) is 10.8. The molecular weight excluding hydrogens is 212 g/mol. The van der Waals surface area contributed by atoms with Gasteiger partial charge in [-0.25, -0.2) is 0 Å². The van der Waals surface area contributed by atoms with E-state index < -0.39 is 0 Å². The molecule has 0 bridgehead atoms. The van der Waals surface area contributed by atoms with Crippen molar-refractivity contribution in [2.24, 2.45) is 5.92 Å². The second-order valence-corrected chi connectivity index (χ2v) is 6.16. The number of hydrogen-bond acceptors (Lipinski definition) is 3. The highest BCUT2D eigenvalue weighted by atomic mass is 16.3. The molecule has 0 amide bonds. The first-order valence-electron chi connectivity index (χ1n) is 7.50. The third-order valence-corrected chi connectivity index (χ3v) is 5.12. The third-order valence-electron chi connectivity index (χ3n) is 5.12. The Morgan fingerprint density at radius 1 is 1.00 bits per heavy atom. The summed E-state index contributed by atoms with van der Waals surface area (Å²) >= 11 is 0. The molecule has 0 aromatic rings. The molecule has 3 nitrogen and oxygen atoms in total. The van der Waals surface area contributed by atoms with Crippen LogP contribution in [0.2, 0.25) is 0 Å². The SMILES string of the molecule is OC1CCCCC1CNC1CCN2CCCC12. The van der Waals surface area contributed by atoms with E-state index in [0.29, 0.717) is 12.0 Å². The van der Waals surface area contributed by atoms with E-state index in [0.717, 1.165) is 19.0 Å². The Hall–Kier alpha value is -0.120. The highest BCUT2D eigenvalue weighted by Gasteiger charge is 2.37. The van der Waals surface area contributed by atoms with Gasteiger partial charge in [-0.05, 0) is 44.6 Å². The highest BCUT2D eigenvalue weighted by Crippen LogP contribution is 2.29. The number of nitrogens with one attached hydrogen (secondary N) is 1. The van der Waals surface area contributed by atoms with Crippen molar-refractivity contribution >= 4 is 0 Å². The van der Waals surface area contributed by atoms with Gasteiger partial charge in [0.25, 0.3) is 0 Å². The monoisotopic (exact) mass is 238 g/mol. The van der Waals surface area contributed by atoms with Crippen molar-refractivity contribution in [3.8, 4) is 0 Å². The first-order chi connectivity index (χ1) is 8.34. The van der Waals surface area contributed by atoms with Crippen LogP contribution in [0.3, 0.4) is 0 Å². The fourth-order valence-corrected chi connectivity index (χ4v) is 4.05. The normalized spacial score (nSPS) is 42.9. The molecule has 3 heteroatoms. The Labute approximate surface area is 105 Å². The molecule has 17 heavy (non-hydrogen) atoms. The van der Waals surface area contributed by atoms with Crippen LogP contribution < -0.4 is 5.32 Å². The van der Waals surface area contributed by atoms with Crippen LogP contribution in [-0.2, 0) is 0 Å². The van der Waals surface area contributed by atoms with E-state index in [1.807, 2.05) is 0 Å². The quantitative estimate of drug-likeness (QED) is 0.779. The van der Waals surface area contributed by atoms with Crippen LogP contribution in [0.15, 0.2) is 0 Å². The van der Waals surface area contributed by atoms with E-state index in [4.69, 9.17) is 0 Å². The van der Waals surface area contributed by atoms with Crippen LogP contribution in [0.1, 0.15) is 44.9 Å². The molecule has 0 aromatic carbocycles. The molecule has 4 unspecified atom stereocenters. The predicted molar refractivity (Wildman–Crippen MR) is 69.0 cm³/mol. The Morgan fingerprint density at radius 3 is 2.76 bits per heavy atom. The first-order valence-corrected chi connectivity index (χ1v) is 7.50. The summed E-state index contributed by atoms with van der Waals surface area (Å²) in [6.45, 7) is 3.64. The van der Waals surface area contributed by atoms with Gasteiger partial charge < -0.3 is 10.4 Å². The molecule has 3 rings (SSSR count). The predicted octanol–water partition coefficient (Wildman–Crippen LogP) is 1.36. The van der Waals surface area contributed by atoms with E-state index in [1.165, 1.54) is 51.6 Å². The van der Waals surface area contributed by atoms with Crippen molar-refractivity contribution in [3.63, 3.8) is 0 Å². The van der Waals surface area contributed by atoms with Crippen LogP contribution in [0, 0.1) is 5.92 Å². The van der Waals surface area contributed by atoms with E-state index in [9.17, 15) is 5.11 Å². The maximum Gasteiger partial charge on any atom is 0.0580 e. The fraction of sp³-hybridized carbons (Fsp3) is 1.00. The van der Waals surface area contributed by atoms with Crippen LogP contribution in [0.25, 0.3) is 0 Å². The van der Waals surface area contributed by atoms with E-state index >= 15 is 0 Å². The molecule has 3 aliphatic rings. The Bertz CT molecular complexity index is 259. The molecule has 2 saturated heterocycles. The summed E-state index contributed by atoms with van der Waals surface area (Å²) in [7, 11) is 0. The molecule has 1 aliphatic carbocycles. The lowest BCUT2D eigenvalue weighted by atomic mass is 9.86. The average Bonchev–Trinajstić information content (AvgIpc) is 2.91. The lowest BCUT2D eigenvalue weighted by Crippen LogP contribution is -2.43. The molecular formula is C14H26N2O. The van der Waals surface area contributed by atoms with E-state index in [1.54, 1.807) is 0 Å². The largest absolute Gasteiger partial charge is 0.393 e. The maximum absolute atomic E-state index is 9.98. The van der Waals surface area contributed by atoms with Crippen molar-refractivity contribution in [1.82, 2.24) is 10.2 Å². The number of rotatable bonds is 3. The number of hydrogen-bond donors (Lipinski definition) is 2. The summed E-state index contributed by atoms with van der Waals surface area (Å²) in [6.07, 6.45) is 8.80. The van der Waals surface area contributed by atoms with Gasteiger partial charge in [-0.15, -0.1) is 0 Å². The van der Waals surface area contributed by atoms with Crippen molar-refractivity contribution in [2.45, 2.75) is 63.1 Å². The molecule has 0 aromatic heterocycles. The number of nitrogens with zero attached hydrogens (tertiary/aromatic N) is 1. The maximum atomic E-state index is 9.98. The van der Waals surface area contributed by atoms with Gasteiger partial charge >= 0.3 is 0 Å². The first kappa shape index (κ1) is 11.9. The summed E-state index contributed by atoms with van der Waals surface area (Å²) in [4.78, 5) is 2.65. The molecule has 0 spiro atoms. The summed E-state index contributed by atoms with van der Waals surface area (Å²) in [6, 6.07) is 1.50. The number of fused-ring (bicyclic) bond motifs is 1. The van der Waals surface area contributed by atoms with Gasteiger partial charge in [-0.2, -0.15) is 0 Å². The van der Waals surface area contributed by atoms with Crippen LogP contribution >= 0.6 is 0 Å². The van der Waals surface area contributed by atoms with Gasteiger partial charge in [0.05, 0.1) is 6.10 Å². The summed E-state index contributed by atoms with van der Waals surface area (Å²) < 4.78 is 0. The Kier molecular flexibility index (Phi) is 3.69. The molecule has 2 aliphatic heterocycles. The van der Waals surface area contributed by atoms with Gasteiger partial charge in [0, 0.05) is 25.2 Å². The van der Waals surface area contributed by atoms with Crippen LogP contribution in [0.5, 0.6) is 0 Å². The molecule has 2 heterocycles. The molecule has 1 saturated carbocycles. The van der Waals surface area contributed by atoms with Gasteiger partial charge in [0.15, 0.2) is 0 Å². The van der Waals surface area contributed by atoms with Gasteiger partial charge in [0.2, 0.25) is 0 Å². The van der Waals surface area contributed by atoms with Gasteiger partial charge in [-0.3, -0.25) is 4.90 Å². The fourth-order valence-electron chi connectivity index (χ4n) is 4.05. The van der Waals surface area contributed by atoms with Crippen molar-refractivity contribution in [1.29, 1.82) is 0 Å². The Morgan fingerprint density at radius 2 is 1.88 bits per heavy atom. The lowest BCUT2D eigenvalue weighted by molar-refractivity contribution is 0.0675. The second-order valence-electron chi connectivity index (χ2n) is 6.16. The molecule has 3 fully saturated rings. The van der Waals surface area contributed by atoms with E-state index in [-0.39, 0.29) is 6.10 Å². The molecule has 98 valence electrons. The minimum absolute atomic E-state index is 0.0441. The minimum Gasteiger partial charge on any atom is -0.393 e. The molecule has 0 radical (unpaired) electrons. The van der Waals surface area contributed by atoms with Gasteiger partial charge in [0.1, 0.15) is 0 Å². The standard InChI is InChI=1S/C14H26N2O/c17-14-6-2-1-4-11(14)10-15-12-7-9-16-8-3-5-13(12)16/h11-15,17H,1-10H2. The molecule has 4 atom stereocenters. The van der Waals surface area contributed by atoms with Crippen LogP contribution in [0.4, 0.5) is 0 Å². The van der Waals surface area contributed by atoms with Crippen LogP contribution in [-0.4, -0.2) is 47.8 Å². The summed E-state index contributed by atoms with van der Waals surface area (Å²) in [5.74, 6) is 0.513. The summed E-state index contributed by atoms with van der Waals surface area (Å²) in [5, 5.41) is 13.7. The molecule has 2 N–H and O–H groups in total. The lowest BCUT2D eigenvalue weighted by Gasteiger charge is -2.30. The Balaban J connectivity index is 1.47. The second kappa shape index (κ2) is 5.25. The smallest absolute Gasteiger partial charge is 0.0580 e. The summed E-state index contributed by atoms with van der Waals surface area (Å²) in [5.41, 5.74) is 0. The number of aliphatic hydroxyl groups excluding tert-OH is 1. The average molecular weight is 238 g/mol. The van der Waals surface area contributed by atoms with Crippen molar-refractivity contribution < 1.29 is 5.11 Å². The zero-order valence-electron chi connectivity index (χ0n) is 10.8. The topological polar surface area (TPSA) is 35.5 Å². The zero-order chi connectivity index (χ0) is 11.7. The van der Waals surface area contributed by atoms with Crippen molar-refractivity contribution in [3.05, 3.63) is 0 Å². The minimum atomic E-state index is -0.0441. The number of aliphatic hydroxyl groups is 1.